The molecule has 114 valence electrons. The van der Waals surface area contributed by atoms with Gasteiger partial charge in [-0.1, -0.05) is 26.7 Å². The normalized spacial score (nSPS) is 13.2. The first-order valence-corrected chi connectivity index (χ1v) is 7.35. The number of rotatable bonds is 8. The summed E-state index contributed by atoms with van der Waals surface area (Å²) in [5.41, 5.74) is 5.45. The quantitative estimate of drug-likeness (QED) is 0.756. The van der Waals surface area contributed by atoms with Crippen LogP contribution in [0.15, 0.2) is 6.33 Å². The largest absolute Gasteiger partial charge is 0.346 e. The standard InChI is InChI=1S/C14H27N5O/c1-5-7-14(9-15,8-6-2)13(20)17-11(3)12-18-16-10-19(12)4/h10-11H,5-9,15H2,1-4H3,(H,17,20). The molecule has 0 aliphatic heterocycles. The van der Waals surface area contributed by atoms with Gasteiger partial charge in [0.2, 0.25) is 5.91 Å². The molecule has 0 saturated carbocycles. The van der Waals surface area contributed by atoms with Crippen molar-refractivity contribution >= 4 is 5.91 Å². The molecule has 0 aliphatic carbocycles. The van der Waals surface area contributed by atoms with Crippen molar-refractivity contribution in [2.24, 2.45) is 18.2 Å². The van der Waals surface area contributed by atoms with Crippen LogP contribution in [0.25, 0.3) is 0 Å². The second-order valence-corrected chi connectivity index (χ2v) is 5.48. The van der Waals surface area contributed by atoms with Crippen LogP contribution in [0.3, 0.4) is 0 Å². The third kappa shape index (κ3) is 3.56. The number of carbonyl (C=O) groups is 1. The van der Waals surface area contributed by atoms with Crippen molar-refractivity contribution in [1.29, 1.82) is 0 Å². The molecular weight excluding hydrogens is 254 g/mol. The summed E-state index contributed by atoms with van der Waals surface area (Å²) in [6, 6.07) is -0.172. The summed E-state index contributed by atoms with van der Waals surface area (Å²) in [5, 5.41) is 10.9. The van der Waals surface area contributed by atoms with E-state index in [4.69, 9.17) is 5.73 Å². The molecule has 1 aromatic heterocycles. The second-order valence-electron chi connectivity index (χ2n) is 5.48. The van der Waals surface area contributed by atoms with Crippen molar-refractivity contribution in [1.82, 2.24) is 20.1 Å². The number of carbonyl (C=O) groups excluding carboxylic acids is 1. The highest BCUT2D eigenvalue weighted by molar-refractivity contribution is 5.83. The van der Waals surface area contributed by atoms with Gasteiger partial charge in [0.05, 0.1) is 11.5 Å². The number of hydrogen-bond acceptors (Lipinski definition) is 4. The number of nitrogens with one attached hydrogen (secondary N) is 1. The van der Waals surface area contributed by atoms with E-state index in [9.17, 15) is 4.79 Å². The Kier molecular flexibility index (Phi) is 6.13. The molecule has 6 nitrogen and oxygen atoms in total. The maximum Gasteiger partial charge on any atom is 0.228 e. The zero-order valence-corrected chi connectivity index (χ0v) is 13.0. The SMILES string of the molecule is CCCC(CN)(CCC)C(=O)NC(C)c1nncn1C. The summed E-state index contributed by atoms with van der Waals surface area (Å²) >= 11 is 0. The van der Waals surface area contributed by atoms with Gasteiger partial charge >= 0.3 is 0 Å². The molecule has 1 amide bonds. The monoisotopic (exact) mass is 281 g/mol. The third-order valence-electron chi connectivity index (χ3n) is 3.81. The molecule has 0 fully saturated rings. The summed E-state index contributed by atoms with van der Waals surface area (Å²) in [5.74, 6) is 0.775. The van der Waals surface area contributed by atoms with Gasteiger partial charge in [-0.3, -0.25) is 4.79 Å². The van der Waals surface area contributed by atoms with E-state index >= 15 is 0 Å². The van der Waals surface area contributed by atoms with Crippen LogP contribution in [0, 0.1) is 5.41 Å². The molecule has 0 bridgehead atoms. The molecule has 20 heavy (non-hydrogen) atoms. The van der Waals surface area contributed by atoms with Crippen molar-refractivity contribution < 1.29 is 4.79 Å². The van der Waals surface area contributed by atoms with Crippen molar-refractivity contribution in [2.45, 2.75) is 52.5 Å². The van der Waals surface area contributed by atoms with E-state index in [0.717, 1.165) is 31.5 Å². The predicted octanol–water partition coefficient (Wildman–Crippen LogP) is 1.54. The van der Waals surface area contributed by atoms with Gasteiger partial charge in [-0.25, -0.2) is 0 Å². The van der Waals surface area contributed by atoms with Crippen LogP contribution in [0.4, 0.5) is 0 Å². The Hall–Kier alpha value is -1.43. The Bertz CT molecular complexity index is 423. The minimum atomic E-state index is -0.462. The van der Waals surface area contributed by atoms with Gasteiger partial charge < -0.3 is 15.6 Å². The Balaban J connectivity index is 2.83. The molecule has 1 unspecified atom stereocenters. The van der Waals surface area contributed by atoms with Crippen molar-refractivity contribution in [2.75, 3.05) is 6.54 Å². The molecule has 3 N–H and O–H groups in total. The molecule has 0 spiro atoms. The van der Waals surface area contributed by atoms with Gasteiger partial charge in [0.1, 0.15) is 6.33 Å². The van der Waals surface area contributed by atoms with E-state index in [1.54, 1.807) is 6.33 Å². The molecular formula is C14H27N5O. The van der Waals surface area contributed by atoms with Crippen molar-refractivity contribution in [3.05, 3.63) is 12.2 Å². The Morgan fingerprint density at radius 1 is 1.45 bits per heavy atom. The van der Waals surface area contributed by atoms with Crippen LogP contribution in [0.5, 0.6) is 0 Å². The van der Waals surface area contributed by atoms with E-state index < -0.39 is 5.41 Å². The predicted molar refractivity (Wildman–Crippen MR) is 78.9 cm³/mol. The molecule has 1 rings (SSSR count). The Labute approximate surface area is 121 Å². The fourth-order valence-electron chi connectivity index (χ4n) is 2.70. The Morgan fingerprint density at radius 3 is 2.45 bits per heavy atom. The molecule has 6 heteroatoms. The fraction of sp³-hybridized carbons (Fsp3) is 0.786. The fourth-order valence-corrected chi connectivity index (χ4v) is 2.70. The summed E-state index contributed by atoms with van der Waals surface area (Å²) in [6.45, 7) is 6.46. The third-order valence-corrected chi connectivity index (χ3v) is 3.81. The number of nitrogens with zero attached hydrogens (tertiary/aromatic N) is 3. The lowest BCUT2D eigenvalue weighted by molar-refractivity contribution is -0.132. The van der Waals surface area contributed by atoms with E-state index in [0.29, 0.717) is 6.54 Å². The zero-order valence-electron chi connectivity index (χ0n) is 13.0. The lowest BCUT2D eigenvalue weighted by Gasteiger charge is -2.32. The van der Waals surface area contributed by atoms with Crippen LogP contribution < -0.4 is 11.1 Å². The second kappa shape index (κ2) is 7.38. The molecule has 0 aromatic carbocycles. The van der Waals surface area contributed by atoms with E-state index in [-0.39, 0.29) is 11.9 Å². The van der Waals surface area contributed by atoms with Gasteiger partial charge in [-0.05, 0) is 19.8 Å². The molecule has 1 heterocycles. The number of hydrogen-bond donors (Lipinski definition) is 2. The van der Waals surface area contributed by atoms with Crippen LogP contribution in [0.1, 0.15) is 58.3 Å². The van der Waals surface area contributed by atoms with Gasteiger partial charge in [0.15, 0.2) is 5.82 Å². The Morgan fingerprint density at radius 2 is 2.05 bits per heavy atom. The first kappa shape index (κ1) is 16.6. The lowest BCUT2D eigenvalue weighted by Crippen LogP contribution is -2.47. The number of aromatic nitrogens is 3. The lowest BCUT2D eigenvalue weighted by atomic mass is 9.78. The number of amides is 1. The molecule has 0 saturated heterocycles. The van der Waals surface area contributed by atoms with Gasteiger partial charge in [0.25, 0.3) is 0 Å². The van der Waals surface area contributed by atoms with Crippen molar-refractivity contribution in [3.8, 4) is 0 Å². The highest BCUT2D eigenvalue weighted by Crippen LogP contribution is 2.30. The van der Waals surface area contributed by atoms with Crippen LogP contribution >= 0.6 is 0 Å². The molecule has 0 radical (unpaired) electrons. The maximum atomic E-state index is 12.6. The van der Waals surface area contributed by atoms with Crippen molar-refractivity contribution in [3.63, 3.8) is 0 Å². The molecule has 0 aliphatic rings. The minimum Gasteiger partial charge on any atom is -0.346 e. The summed E-state index contributed by atoms with van der Waals surface area (Å²) < 4.78 is 1.81. The van der Waals surface area contributed by atoms with Crippen LogP contribution in [-0.4, -0.2) is 27.2 Å². The first-order valence-electron chi connectivity index (χ1n) is 7.35. The summed E-state index contributed by atoms with van der Waals surface area (Å²) in [6.07, 6.45) is 5.15. The van der Waals surface area contributed by atoms with Gasteiger partial charge in [-0.15, -0.1) is 10.2 Å². The van der Waals surface area contributed by atoms with Crippen LogP contribution in [0.2, 0.25) is 0 Å². The van der Waals surface area contributed by atoms with Crippen LogP contribution in [-0.2, 0) is 11.8 Å². The topological polar surface area (TPSA) is 85.8 Å². The zero-order chi connectivity index (χ0) is 15.2. The number of nitrogens with two attached hydrogens (primary N) is 1. The minimum absolute atomic E-state index is 0.0270. The summed E-state index contributed by atoms with van der Waals surface area (Å²) in [4.78, 5) is 12.6. The highest BCUT2D eigenvalue weighted by atomic mass is 16.2. The summed E-state index contributed by atoms with van der Waals surface area (Å²) in [7, 11) is 1.87. The van der Waals surface area contributed by atoms with E-state index in [2.05, 4.69) is 29.4 Å². The number of aryl methyl sites for hydroxylation is 1. The van der Waals surface area contributed by atoms with Gasteiger partial charge in [-0.2, -0.15) is 0 Å². The first-order chi connectivity index (χ1) is 9.50. The van der Waals surface area contributed by atoms with E-state index in [1.807, 2.05) is 18.5 Å². The average Bonchev–Trinajstić information content (AvgIpc) is 2.84. The molecule has 1 atom stereocenters. The average molecular weight is 281 g/mol. The van der Waals surface area contributed by atoms with E-state index in [1.165, 1.54) is 0 Å². The van der Waals surface area contributed by atoms with Gasteiger partial charge in [0, 0.05) is 13.6 Å². The molecule has 1 aromatic rings. The smallest absolute Gasteiger partial charge is 0.228 e. The maximum absolute atomic E-state index is 12.6. The highest BCUT2D eigenvalue weighted by Gasteiger charge is 2.36.